The minimum Gasteiger partial charge on any atom is -0.459 e. The maximum Gasteiger partial charge on any atom is 0.324 e. The molecule has 0 bridgehead atoms. The van der Waals surface area contributed by atoms with Crippen molar-refractivity contribution < 1.29 is 9.47 Å². The number of ether oxygens (including phenoxy) is 2. The number of nitrogens with one attached hydrogen (secondary N) is 1. The van der Waals surface area contributed by atoms with Crippen molar-refractivity contribution in [1.29, 1.82) is 0 Å². The van der Waals surface area contributed by atoms with Crippen molar-refractivity contribution in [3.05, 3.63) is 25.3 Å². The second-order valence-electron chi connectivity index (χ2n) is 2.67. The molecule has 0 saturated carbocycles. The third-order valence-electron chi connectivity index (χ3n) is 1.48. The van der Waals surface area contributed by atoms with Crippen molar-refractivity contribution in [3.63, 3.8) is 0 Å². The first-order valence-corrected chi connectivity index (χ1v) is 4.71. The number of anilines is 1. The standard InChI is InChI=1S/C10H14N4O2/c1-4-6-15-9-12-8(11-3)13-10(14-9)16-7-5-2/h4-5H,1-2,6-7H2,3H3,(H,11,12,13,14). The topological polar surface area (TPSA) is 69.2 Å². The molecule has 1 heterocycles. The summed E-state index contributed by atoms with van der Waals surface area (Å²) < 4.78 is 10.4. The highest BCUT2D eigenvalue weighted by atomic mass is 16.5. The van der Waals surface area contributed by atoms with Crippen LogP contribution in [0.1, 0.15) is 0 Å². The monoisotopic (exact) mass is 222 g/mol. The molecular formula is C10H14N4O2. The zero-order valence-electron chi connectivity index (χ0n) is 9.14. The van der Waals surface area contributed by atoms with Gasteiger partial charge in [-0.05, 0) is 0 Å². The molecule has 1 N–H and O–H groups in total. The van der Waals surface area contributed by atoms with Crippen LogP contribution in [0.3, 0.4) is 0 Å². The number of rotatable bonds is 7. The summed E-state index contributed by atoms with van der Waals surface area (Å²) >= 11 is 0. The van der Waals surface area contributed by atoms with E-state index in [1.807, 2.05) is 0 Å². The largest absolute Gasteiger partial charge is 0.459 e. The Hall–Kier alpha value is -2.11. The molecule has 16 heavy (non-hydrogen) atoms. The molecule has 0 unspecified atom stereocenters. The molecule has 6 nitrogen and oxygen atoms in total. The molecule has 0 radical (unpaired) electrons. The van der Waals surface area contributed by atoms with Gasteiger partial charge in [0.25, 0.3) is 0 Å². The van der Waals surface area contributed by atoms with E-state index in [1.165, 1.54) is 0 Å². The first-order chi connectivity index (χ1) is 7.80. The lowest BCUT2D eigenvalue weighted by atomic mass is 10.7. The van der Waals surface area contributed by atoms with E-state index in [1.54, 1.807) is 19.2 Å². The lowest BCUT2D eigenvalue weighted by molar-refractivity contribution is 0.299. The summed E-state index contributed by atoms with van der Waals surface area (Å²) in [5.74, 6) is 0.383. The van der Waals surface area contributed by atoms with E-state index in [4.69, 9.17) is 9.47 Å². The van der Waals surface area contributed by atoms with Crippen molar-refractivity contribution in [2.45, 2.75) is 0 Å². The quantitative estimate of drug-likeness (QED) is 0.695. The molecule has 1 aromatic rings. The number of hydrogen-bond donors (Lipinski definition) is 1. The van der Waals surface area contributed by atoms with Gasteiger partial charge in [0.15, 0.2) is 0 Å². The Morgan fingerprint density at radius 1 is 1.06 bits per heavy atom. The van der Waals surface area contributed by atoms with Gasteiger partial charge in [-0.25, -0.2) is 0 Å². The highest BCUT2D eigenvalue weighted by molar-refractivity contribution is 5.26. The number of aromatic nitrogens is 3. The van der Waals surface area contributed by atoms with Gasteiger partial charge in [-0.2, -0.15) is 9.97 Å². The Morgan fingerprint density at radius 2 is 1.56 bits per heavy atom. The lowest BCUT2D eigenvalue weighted by Crippen LogP contribution is -2.07. The molecule has 0 fully saturated rings. The zero-order chi connectivity index (χ0) is 11.8. The summed E-state index contributed by atoms with van der Waals surface area (Å²) in [6, 6.07) is 0.386. The van der Waals surface area contributed by atoms with Crippen LogP contribution in [0.4, 0.5) is 5.95 Å². The van der Waals surface area contributed by atoms with Crippen LogP contribution < -0.4 is 14.8 Å². The number of nitrogens with zero attached hydrogens (tertiary/aromatic N) is 3. The Kier molecular flexibility index (Phi) is 4.78. The van der Waals surface area contributed by atoms with Gasteiger partial charge in [-0.15, -0.1) is 4.98 Å². The van der Waals surface area contributed by atoms with Crippen molar-refractivity contribution in [2.75, 3.05) is 25.6 Å². The predicted octanol–water partition coefficient (Wildman–Crippen LogP) is 1.04. The summed E-state index contributed by atoms with van der Waals surface area (Å²) in [6.45, 7) is 7.72. The minimum absolute atomic E-state index is 0.193. The van der Waals surface area contributed by atoms with Crippen LogP contribution in [-0.2, 0) is 0 Å². The van der Waals surface area contributed by atoms with Gasteiger partial charge in [-0.3, -0.25) is 0 Å². The maximum absolute atomic E-state index is 5.19. The Morgan fingerprint density at radius 3 is 1.94 bits per heavy atom. The molecule has 0 aromatic carbocycles. The lowest BCUT2D eigenvalue weighted by Gasteiger charge is -2.06. The Balaban J connectivity index is 2.81. The molecular weight excluding hydrogens is 208 g/mol. The zero-order valence-corrected chi connectivity index (χ0v) is 9.14. The smallest absolute Gasteiger partial charge is 0.324 e. The highest BCUT2D eigenvalue weighted by Crippen LogP contribution is 2.12. The van der Waals surface area contributed by atoms with E-state index in [2.05, 4.69) is 33.4 Å². The van der Waals surface area contributed by atoms with E-state index in [0.29, 0.717) is 19.2 Å². The molecule has 1 aromatic heterocycles. The van der Waals surface area contributed by atoms with Crippen LogP contribution in [0.2, 0.25) is 0 Å². The van der Waals surface area contributed by atoms with E-state index in [0.717, 1.165) is 0 Å². The highest BCUT2D eigenvalue weighted by Gasteiger charge is 2.06. The molecule has 6 heteroatoms. The van der Waals surface area contributed by atoms with Crippen molar-refractivity contribution in [3.8, 4) is 12.0 Å². The van der Waals surface area contributed by atoms with Crippen LogP contribution in [0, 0.1) is 0 Å². The van der Waals surface area contributed by atoms with Gasteiger partial charge in [0.1, 0.15) is 13.2 Å². The fourth-order valence-electron chi connectivity index (χ4n) is 0.846. The second-order valence-corrected chi connectivity index (χ2v) is 2.67. The van der Waals surface area contributed by atoms with Gasteiger partial charge in [-0.1, -0.05) is 25.3 Å². The van der Waals surface area contributed by atoms with Gasteiger partial charge in [0.05, 0.1) is 0 Å². The van der Waals surface area contributed by atoms with Crippen LogP contribution in [-0.4, -0.2) is 35.2 Å². The van der Waals surface area contributed by atoms with Gasteiger partial charge < -0.3 is 14.8 Å². The van der Waals surface area contributed by atoms with Gasteiger partial charge in [0.2, 0.25) is 5.95 Å². The van der Waals surface area contributed by atoms with Crippen molar-refractivity contribution >= 4 is 5.95 Å². The molecule has 0 aliphatic carbocycles. The molecule has 1 rings (SSSR count). The second kappa shape index (κ2) is 6.39. The van der Waals surface area contributed by atoms with E-state index >= 15 is 0 Å². The fourth-order valence-corrected chi connectivity index (χ4v) is 0.846. The molecule has 0 aliphatic rings. The van der Waals surface area contributed by atoms with E-state index in [9.17, 15) is 0 Å². The average molecular weight is 222 g/mol. The van der Waals surface area contributed by atoms with Crippen molar-refractivity contribution in [1.82, 2.24) is 15.0 Å². The first kappa shape index (κ1) is 12.0. The van der Waals surface area contributed by atoms with E-state index < -0.39 is 0 Å². The fraction of sp³-hybridized carbons (Fsp3) is 0.300. The van der Waals surface area contributed by atoms with Crippen LogP contribution >= 0.6 is 0 Å². The molecule has 0 spiro atoms. The van der Waals surface area contributed by atoms with Gasteiger partial charge in [0, 0.05) is 7.05 Å². The van der Waals surface area contributed by atoms with Crippen LogP contribution in [0.25, 0.3) is 0 Å². The summed E-state index contributed by atoms with van der Waals surface area (Å²) in [4.78, 5) is 11.9. The molecule has 0 aliphatic heterocycles. The SMILES string of the molecule is C=CCOc1nc(NC)nc(OCC=C)n1. The minimum atomic E-state index is 0.193. The summed E-state index contributed by atoms with van der Waals surface area (Å²) in [6.07, 6.45) is 3.21. The Labute approximate surface area is 94.0 Å². The average Bonchev–Trinajstić information content (AvgIpc) is 2.33. The summed E-state index contributed by atoms with van der Waals surface area (Å²) in [7, 11) is 1.70. The third-order valence-corrected chi connectivity index (χ3v) is 1.48. The van der Waals surface area contributed by atoms with Crippen LogP contribution in [0.5, 0.6) is 12.0 Å². The number of hydrogen-bond acceptors (Lipinski definition) is 6. The predicted molar refractivity (Wildman–Crippen MR) is 60.8 cm³/mol. The first-order valence-electron chi connectivity index (χ1n) is 4.71. The molecule has 86 valence electrons. The summed E-state index contributed by atoms with van der Waals surface area (Å²) in [5, 5.41) is 2.79. The maximum atomic E-state index is 5.19. The van der Waals surface area contributed by atoms with E-state index in [-0.39, 0.29) is 12.0 Å². The van der Waals surface area contributed by atoms with Crippen molar-refractivity contribution in [2.24, 2.45) is 0 Å². The Bertz CT molecular complexity index is 338. The molecule has 0 amide bonds. The normalized spacial score (nSPS) is 9.31. The molecule has 0 atom stereocenters. The molecule has 0 saturated heterocycles. The summed E-state index contributed by atoms with van der Waals surface area (Å²) in [5.41, 5.74) is 0. The van der Waals surface area contributed by atoms with Gasteiger partial charge >= 0.3 is 12.0 Å². The third kappa shape index (κ3) is 3.56. The van der Waals surface area contributed by atoms with Crippen LogP contribution in [0.15, 0.2) is 25.3 Å².